The van der Waals surface area contributed by atoms with Gasteiger partial charge in [0, 0.05) is 50.3 Å². The summed E-state index contributed by atoms with van der Waals surface area (Å²) >= 11 is 1.38. The molecule has 1 saturated heterocycles. The van der Waals surface area contributed by atoms with Crippen LogP contribution in [-0.4, -0.2) is 56.7 Å². The number of amides is 1. The van der Waals surface area contributed by atoms with E-state index in [0.717, 1.165) is 52.2 Å². The van der Waals surface area contributed by atoms with Crippen LogP contribution >= 0.6 is 11.3 Å². The summed E-state index contributed by atoms with van der Waals surface area (Å²) < 4.78 is 29.9. The van der Waals surface area contributed by atoms with Gasteiger partial charge in [0.1, 0.15) is 22.5 Å². The number of piperazine rings is 1. The van der Waals surface area contributed by atoms with E-state index in [2.05, 4.69) is 31.0 Å². The van der Waals surface area contributed by atoms with Crippen LogP contribution in [0.15, 0.2) is 60.7 Å². The molecular formula is C30H27F2N7OS. The first-order valence-electron chi connectivity index (χ1n) is 13.6. The number of nitrogens with zero attached hydrogens (tertiary/aromatic N) is 6. The Labute approximate surface area is 239 Å². The summed E-state index contributed by atoms with van der Waals surface area (Å²) in [6.07, 6.45) is 2.11. The predicted molar refractivity (Wildman–Crippen MR) is 156 cm³/mol. The molecule has 2 aromatic heterocycles. The van der Waals surface area contributed by atoms with Crippen molar-refractivity contribution in [1.29, 1.82) is 0 Å². The monoisotopic (exact) mass is 571 g/mol. The fourth-order valence-corrected chi connectivity index (χ4v) is 6.15. The van der Waals surface area contributed by atoms with Crippen LogP contribution in [0.2, 0.25) is 0 Å². The lowest BCUT2D eigenvalue weighted by Crippen LogP contribution is -2.48. The smallest absolute Gasteiger partial charge is 0.219 e. The molecule has 1 aliphatic heterocycles. The second-order valence-electron chi connectivity index (χ2n) is 10.4. The molecule has 7 rings (SSSR count). The molecule has 1 aliphatic carbocycles. The normalized spacial score (nSPS) is 15.5. The number of imidazole rings is 1. The molecule has 2 fully saturated rings. The molecular weight excluding hydrogens is 544 g/mol. The van der Waals surface area contributed by atoms with E-state index in [0.29, 0.717) is 42.4 Å². The van der Waals surface area contributed by atoms with Gasteiger partial charge >= 0.3 is 0 Å². The highest BCUT2D eigenvalue weighted by molar-refractivity contribution is 7.18. The number of halogens is 2. The highest BCUT2D eigenvalue weighted by Gasteiger charge is 2.30. The number of fused-ring (bicyclic) bond motifs is 1. The Morgan fingerprint density at radius 3 is 2.41 bits per heavy atom. The number of aromatic nitrogens is 4. The number of benzene rings is 3. The molecule has 11 heteroatoms. The van der Waals surface area contributed by atoms with Gasteiger partial charge in [0.15, 0.2) is 0 Å². The van der Waals surface area contributed by atoms with Crippen LogP contribution in [0.5, 0.6) is 0 Å². The van der Waals surface area contributed by atoms with Crippen LogP contribution in [0, 0.1) is 11.6 Å². The van der Waals surface area contributed by atoms with Gasteiger partial charge in [-0.25, -0.2) is 13.8 Å². The molecule has 1 saturated carbocycles. The number of hydrogen-bond acceptors (Lipinski definition) is 7. The van der Waals surface area contributed by atoms with Gasteiger partial charge in [0.05, 0.1) is 22.4 Å². The molecule has 8 nitrogen and oxygen atoms in total. The Morgan fingerprint density at radius 1 is 0.927 bits per heavy atom. The second-order valence-corrected chi connectivity index (χ2v) is 11.4. The van der Waals surface area contributed by atoms with Crippen molar-refractivity contribution in [2.75, 3.05) is 36.4 Å². The highest BCUT2D eigenvalue weighted by atomic mass is 32.1. The van der Waals surface area contributed by atoms with Crippen LogP contribution in [0.1, 0.15) is 25.8 Å². The third-order valence-electron chi connectivity index (χ3n) is 7.63. The Kier molecular flexibility index (Phi) is 6.38. The van der Waals surface area contributed by atoms with Crippen LogP contribution in [0.3, 0.4) is 0 Å². The number of carbonyl (C=O) groups excluding carboxylic acids is 1. The summed E-state index contributed by atoms with van der Waals surface area (Å²) in [6, 6.07) is 17.2. The first-order valence-corrected chi connectivity index (χ1v) is 14.4. The zero-order chi connectivity index (χ0) is 28.1. The molecule has 0 radical (unpaired) electrons. The summed E-state index contributed by atoms with van der Waals surface area (Å²) in [5.74, 6) is 0.229. The highest BCUT2D eigenvalue weighted by Crippen LogP contribution is 2.44. The lowest BCUT2D eigenvalue weighted by atomic mass is 10.2. The Morgan fingerprint density at radius 2 is 1.71 bits per heavy atom. The van der Waals surface area contributed by atoms with Crippen molar-refractivity contribution < 1.29 is 13.6 Å². The lowest BCUT2D eigenvalue weighted by molar-refractivity contribution is -0.129. The molecule has 0 unspecified atom stereocenters. The van der Waals surface area contributed by atoms with E-state index < -0.39 is 0 Å². The van der Waals surface area contributed by atoms with E-state index in [1.807, 2.05) is 17.0 Å². The van der Waals surface area contributed by atoms with Gasteiger partial charge in [0.2, 0.25) is 11.0 Å². The van der Waals surface area contributed by atoms with Crippen molar-refractivity contribution in [3.8, 4) is 22.0 Å². The van der Waals surface area contributed by atoms with Crippen LogP contribution in [-0.2, 0) is 4.79 Å². The summed E-state index contributed by atoms with van der Waals surface area (Å²) in [5, 5.41) is 13.4. The van der Waals surface area contributed by atoms with Gasteiger partial charge in [-0.3, -0.25) is 4.79 Å². The number of rotatable bonds is 6. The van der Waals surface area contributed by atoms with E-state index in [1.54, 1.807) is 25.1 Å². The van der Waals surface area contributed by atoms with E-state index in [-0.39, 0.29) is 17.5 Å². The maximum absolute atomic E-state index is 14.2. The average Bonchev–Trinajstić information content (AvgIpc) is 3.59. The molecule has 5 aromatic rings. The number of anilines is 3. The number of carbonyl (C=O) groups is 1. The molecule has 0 atom stereocenters. The third-order valence-corrected chi connectivity index (χ3v) is 8.51. The maximum Gasteiger partial charge on any atom is 0.219 e. The van der Waals surface area contributed by atoms with Gasteiger partial charge in [0.25, 0.3) is 0 Å². The minimum atomic E-state index is -0.303. The lowest BCUT2D eigenvalue weighted by Gasteiger charge is -2.36. The van der Waals surface area contributed by atoms with Gasteiger partial charge < -0.3 is 19.7 Å². The quantitative estimate of drug-likeness (QED) is 0.260. The molecule has 2 aliphatic rings. The van der Waals surface area contributed by atoms with Crippen molar-refractivity contribution >= 4 is 44.8 Å². The summed E-state index contributed by atoms with van der Waals surface area (Å²) in [6.45, 7) is 4.24. The van der Waals surface area contributed by atoms with E-state index in [4.69, 9.17) is 4.98 Å². The molecule has 208 valence electrons. The van der Waals surface area contributed by atoms with Gasteiger partial charge in [-0.2, -0.15) is 0 Å². The average molecular weight is 572 g/mol. The molecule has 41 heavy (non-hydrogen) atoms. The summed E-state index contributed by atoms with van der Waals surface area (Å²) in [7, 11) is 0. The fraction of sp³-hybridized carbons (Fsp3) is 0.267. The van der Waals surface area contributed by atoms with Crippen LogP contribution < -0.4 is 10.2 Å². The molecule has 1 amide bonds. The number of nitrogens with one attached hydrogen (secondary N) is 1. The first-order chi connectivity index (χ1) is 19.9. The topological polar surface area (TPSA) is 79.2 Å². The Balaban J connectivity index is 1.31. The van der Waals surface area contributed by atoms with Crippen molar-refractivity contribution in [2.45, 2.75) is 25.8 Å². The fourth-order valence-electron chi connectivity index (χ4n) is 5.39. The first kappa shape index (κ1) is 25.6. The van der Waals surface area contributed by atoms with Gasteiger partial charge in [-0.15, -0.1) is 10.2 Å². The largest absolute Gasteiger partial charge is 0.366 e. The van der Waals surface area contributed by atoms with Gasteiger partial charge in [-0.05, 0) is 61.4 Å². The van der Waals surface area contributed by atoms with E-state index in [1.165, 1.54) is 35.6 Å². The van der Waals surface area contributed by atoms with Crippen molar-refractivity contribution in [3.63, 3.8) is 0 Å². The Hall–Kier alpha value is -4.38. The molecule has 1 N–H and O–H groups in total. The summed E-state index contributed by atoms with van der Waals surface area (Å²) in [4.78, 5) is 21.1. The van der Waals surface area contributed by atoms with Crippen LogP contribution in [0.4, 0.5) is 25.3 Å². The minimum absolute atomic E-state index is 0.0761. The molecule has 0 spiro atoms. The minimum Gasteiger partial charge on any atom is -0.366 e. The van der Waals surface area contributed by atoms with Crippen LogP contribution in [0.25, 0.3) is 33.0 Å². The van der Waals surface area contributed by atoms with Gasteiger partial charge in [-0.1, -0.05) is 23.5 Å². The Bertz CT molecular complexity index is 1750. The molecule has 3 aromatic carbocycles. The standard InChI is InChI=1S/C30H27F2N7OS/c1-18(40)37-11-13-38(14-12-37)26-17-27-25(33-28(39(27)23-9-10-23)20-3-2-4-22(32)15-20)16-24(26)34-30-36-35-29(41-30)19-5-7-21(31)8-6-19/h2-8,15-17,23H,9-14H2,1H3,(H,34,36). The van der Waals surface area contributed by atoms with Crippen molar-refractivity contribution in [2.24, 2.45) is 0 Å². The van der Waals surface area contributed by atoms with E-state index in [9.17, 15) is 13.6 Å². The molecule has 0 bridgehead atoms. The number of hydrogen-bond donors (Lipinski definition) is 1. The second kappa shape index (κ2) is 10.2. The SMILES string of the molecule is CC(=O)N1CCN(c2cc3c(cc2Nc2nnc(-c4ccc(F)cc4)s2)nc(-c2cccc(F)c2)n3C2CC2)CC1. The summed E-state index contributed by atoms with van der Waals surface area (Å²) in [5.41, 5.74) is 5.12. The van der Waals surface area contributed by atoms with Crippen molar-refractivity contribution in [1.82, 2.24) is 24.6 Å². The zero-order valence-corrected chi connectivity index (χ0v) is 23.2. The van der Waals surface area contributed by atoms with Crippen molar-refractivity contribution in [3.05, 3.63) is 72.3 Å². The molecule has 3 heterocycles. The maximum atomic E-state index is 14.2. The predicted octanol–water partition coefficient (Wildman–Crippen LogP) is 6.25. The van der Waals surface area contributed by atoms with E-state index >= 15 is 0 Å². The zero-order valence-electron chi connectivity index (χ0n) is 22.3. The third kappa shape index (κ3) is 5.01.